The Balaban J connectivity index is 1.71. The number of para-hydroxylation sites is 1. The van der Waals surface area contributed by atoms with Crippen molar-refractivity contribution in [2.75, 3.05) is 13.1 Å². The van der Waals surface area contributed by atoms with Crippen LogP contribution in [0, 0.1) is 0 Å². The van der Waals surface area contributed by atoms with Crippen molar-refractivity contribution in [2.45, 2.75) is 31.9 Å². The Morgan fingerprint density at radius 3 is 3.06 bits per heavy atom. The normalized spacial score (nSPS) is 22.7. The molecule has 2 heterocycles. The van der Waals surface area contributed by atoms with Crippen molar-refractivity contribution >= 4 is 21.6 Å². The molecule has 1 N–H and O–H groups in total. The average molecular weight is 262 g/mol. The summed E-state index contributed by atoms with van der Waals surface area (Å²) in [4.78, 5) is 7.03. The van der Waals surface area contributed by atoms with Gasteiger partial charge in [0.05, 0.1) is 21.3 Å². The summed E-state index contributed by atoms with van der Waals surface area (Å²) in [6.07, 6.45) is 1.75. The summed E-state index contributed by atoms with van der Waals surface area (Å²) >= 11 is 1.78. The van der Waals surface area contributed by atoms with Crippen LogP contribution in [0.3, 0.4) is 0 Å². The first kappa shape index (κ1) is 12.1. The number of hydrogen-bond acceptors (Lipinski definition) is 4. The number of aromatic nitrogens is 1. The van der Waals surface area contributed by atoms with Crippen LogP contribution in [-0.4, -0.2) is 40.2 Å². The van der Waals surface area contributed by atoms with E-state index in [0.717, 1.165) is 31.4 Å². The van der Waals surface area contributed by atoms with Gasteiger partial charge in [0.15, 0.2) is 0 Å². The minimum atomic E-state index is -0.136. The number of fused-ring (bicyclic) bond motifs is 1. The summed E-state index contributed by atoms with van der Waals surface area (Å²) in [6, 6.07) is 8.75. The minimum Gasteiger partial charge on any atom is -0.392 e. The zero-order valence-electron chi connectivity index (χ0n) is 10.5. The molecule has 1 aromatic heterocycles. The van der Waals surface area contributed by atoms with Crippen LogP contribution in [0.25, 0.3) is 10.2 Å². The number of nitrogens with zero attached hydrogens (tertiary/aromatic N) is 2. The van der Waals surface area contributed by atoms with Gasteiger partial charge in [-0.1, -0.05) is 12.1 Å². The first-order chi connectivity index (χ1) is 8.72. The van der Waals surface area contributed by atoms with Crippen LogP contribution in [0.1, 0.15) is 18.4 Å². The average Bonchev–Trinajstić information content (AvgIpc) is 2.94. The molecule has 0 amide bonds. The maximum Gasteiger partial charge on any atom is 0.0954 e. The quantitative estimate of drug-likeness (QED) is 0.922. The Labute approximate surface area is 111 Å². The topological polar surface area (TPSA) is 36.4 Å². The van der Waals surface area contributed by atoms with Crippen LogP contribution in [0.4, 0.5) is 0 Å². The van der Waals surface area contributed by atoms with Gasteiger partial charge >= 0.3 is 0 Å². The van der Waals surface area contributed by atoms with Gasteiger partial charge in [-0.2, -0.15) is 0 Å². The van der Waals surface area contributed by atoms with Gasteiger partial charge < -0.3 is 5.11 Å². The molecule has 1 aliphatic rings. The number of hydrogen-bond donors (Lipinski definition) is 1. The van der Waals surface area contributed by atoms with E-state index < -0.39 is 0 Å². The number of benzene rings is 1. The van der Waals surface area contributed by atoms with Crippen molar-refractivity contribution in [3.63, 3.8) is 0 Å². The predicted octanol–water partition coefficient (Wildman–Crippen LogP) is 2.29. The van der Waals surface area contributed by atoms with Crippen LogP contribution in [-0.2, 0) is 6.42 Å². The van der Waals surface area contributed by atoms with Crippen molar-refractivity contribution in [3.05, 3.63) is 29.3 Å². The van der Waals surface area contributed by atoms with Crippen molar-refractivity contribution in [1.29, 1.82) is 0 Å². The lowest BCUT2D eigenvalue weighted by Crippen LogP contribution is -2.33. The molecule has 0 saturated carbocycles. The molecule has 96 valence electrons. The first-order valence-electron chi connectivity index (χ1n) is 6.49. The molecule has 1 unspecified atom stereocenters. The van der Waals surface area contributed by atoms with E-state index in [2.05, 4.69) is 35.0 Å². The molecule has 18 heavy (non-hydrogen) atoms. The molecule has 4 heteroatoms. The van der Waals surface area contributed by atoms with Gasteiger partial charge in [0, 0.05) is 25.6 Å². The van der Waals surface area contributed by atoms with Gasteiger partial charge in [-0.25, -0.2) is 4.98 Å². The maximum absolute atomic E-state index is 9.57. The molecule has 1 aromatic carbocycles. The molecule has 0 aliphatic carbocycles. The largest absolute Gasteiger partial charge is 0.392 e. The van der Waals surface area contributed by atoms with Crippen LogP contribution >= 0.6 is 11.3 Å². The maximum atomic E-state index is 9.57. The fraction of sp³-hybridized carbons (Fsp3) is 0.500. The molecule has 3 nitrogen and oxygen atoms in total. The molecular formula is C14H18N2OS. The summed E-state index contributed by atoms with van der Waals surface area (Å²) < 4.78 is 1.26. The lowest BCUT2D eigenvalue weighted by atomic mass is 10.2. The summed E-state index contributed by atoms with van der Waals surface area (Å²) in [7, 11) is 0. The lowest BCUT2D eigenvalue weighted by Gasteiger charge is -2.22. The van der Waals surface area contributed by atoms with E-state index in [1.807, 2.05) is 6.07 Å². The van der Waals surface area contributed by atoms with Crippen LogP contribution < -0.4 is 0 Å². The van der Waals surface area contributed by atoms with Crippen LogP contribution in [0.15, 0.2) is 24.3 Å². The third-order valence-corrected chi connectivity index (χ3v) is 4.69. The molecule has 0 radical (unpaired) electrons. The van der Waals surface area contributed by atoms with Crippen molar-refractivity contribution in [2.24, 2.45) is 0 Å². The van der Waals surface area contributed by atoms with Crippen molar-refractivity contribution in [3.8, 4) is 0 Å². The molecule has 1 fully saturated rings. The predicted molar refractivity (Wildman–Crippen MR) is 75.0 cm³/mol. The van der Waals surface area contributed by atoms with E-state index in [-0.39, 0.29) is 6.10 Å². The second-order valence-corrected chi connectivity index (χ2v) is 6.18. The van der Waals surface area contributed by atoms with E-state index in [1.165, 1.54) is 9.71 Å². The summed E-state index contributed by atoms with van der Waals surface area (Å²) in [5, 5.41) is 10.8. The highest BCUT2D eigenvalue weighted by Gasteiger charge is 2.24. The second-order valence-electron chi connectivity index (χ2n) is 5.07. The fourth-order valence-electron chi connectivity index (χ4n) is 2.56. The van der Waals surface area contributed by atoms with Gasteiger partial charge in [0.1, 0.15) is 0 Å². The van der Waals surface area contributed by atoms with Crippen LogP contribution in [0.5, 0.6) is 0 Å². The number of rotatable bonds is 3. The highest BCUT2D eigenvalue weighted by Crippen LogP contribution is 2.24. The van der Waals surface area contributed by atoms with E-state index >= 15 is 0 Å². The second kappa shape index (κ2) is 4.96. The standard InChI is InChI=1S/C14H18N2OS/c1-10(16-7-6-11(17)9-16)8-14-15-12-4-2-3-5-13(12)18-14/h2-5,10-11,17H,6-9H2,1H3/t10?,11-/m0/s1. The molecule has 0 spiro atoms. The van der Waals surface area contributed by atoms with Gasteiger partial charge in [0.2, 0.25) is 0 Å². The molecule has 1 aliphatic heterocycles. The van der Waals surface area contributed by atoms with E-state index in [1.54, 1.807) is 11.3 Å². The van der Waals surface area contributed by atoms with Gasteiger partial charge in [0.25, 0.3) is 0 Å². The van der Waals surface area contributed by atoms with E-state index in [0.29, 0.717) is 6.04 Å². The molecule has 2 aromatic rings. The molecule has 0 bridgehead atoms. The third kappa shape index (κ3) is 2.41. The highest BCUT2D eigenvalue weighted by atomic mass is 32.1. The number of β-amino-alcohol motifs (C(OH)–C–C–N with tert-alkyl or cyclic N) is 1. The number of likely N-dealkylation sites (tertiary alicyclic amines) is 1. The monoisotopic (exact) mass is 262 g/mol. The zero-order valence-corrected chi connectivity index (χ0v) is 11.4. The minimum absolute atomic E-state index is 0.136. The van der Waals surface area contributed by atoms with E-state index in [4.69, 9.17) is 0 Å². The molecule has 3 rings (SSSR count). The Morgan fingerprint density at radius 1 is 1.50 bits per heavy atom. The SMILES string of the molecule is CC(Cc1nc2ccccc2s1)N1CC[C@H](O)C1. The Hall–Kier alpha value is -0.970. The molecule has 1 saturated heterocycles. The van der Waals surface area contributed by atoms with Gasteiger partial charge in [-0.3, -0.25) is 4.90 Å². The highest BCUT2D eigenvalue weighted by molar-refractivity contribution is 7.18. The first-order valence-corrected chi connectivity index (χ1v) is 7.30. The van der Waals surface area contributed by atoms with Gasteiger partial charge in [-0.05, 0) is 25.5 Å². The van der Waals surface area contributed by atoms with E-state index in [9.17, 15) is 5.11 Å². The number of aliphatic hydroxyl groups excluding tert-OH is 1. The summed E-state index contributed by atoms with van der Waals surface area (Å²) in [6.45, 7) is 4.05. The van der Waals surface area contributed by atoms with Crippen molar-refractivity contribution in [1.82, 2.24) is 9.88 Å². The summed E-state index contributed by atoms with van der Waals surface area (Å²) in [5.41, 5.74) is 1.10. The Bertz CT molecular complexity index is 506. The number of aliphatic hydroxyl groups is 1. The Morgan fingerprint density at radius 2 is 2.33 bits per heavy atom. The van der Waals surface area contributed by atoms with Crippen LogP contribution in [0.2, 0.25) is 0 Å². The smallest absolute Gasteiger partial charge is 0.0954 e. The third-order valence-electron chi connectivity index (χ3n) is 3.63. The van der Waals surface area contributed by atoms with Gasteiger partial charge in [-0.15, -0.1) is 11.3 Å². The molecular weight excluding hydrogens is 244 g/mol. The Kier molecular flexibility index (Phi) is 3.33. The number of thiazole rings is 1. The lowest BCUT2D eigenvalue weighted by molar-refractivity contribution is 0.162. The zero-order chi connectivity index (χ0) is 12.5. The summed E-state index contributed by atoms with van der Waals surface area (Å²) in [5.74, 6) is 0. The van der Waals surface area contributed by atoms with Crippen molar-refractivity contribution < 1.29 is 5.11 Å². The fourth-order valence-corrected chi connectivity index (χ4v) is 3.64. The molecule has 2 atom stereocenters.